The fraction of sp³-hybridized carbons (Fsp3) is 0.500. The van der Waals surface area contributed by atoms with Crippen LogP contribution in [0.3, 0.4) is 0 Å². The molecule has 1 aromatic carbocycles. The van der Waals surface area contributed by atoms with Gasteiger partial charge in [0.05, 0.1) is 17.3 Å². The van der Waals surface area contributed by atoms with E-state index in [1.807, 2.05) is 19.1 Å². The van der Waals surface area contributed by atoms with Crippen molar-refractivity contribution in [3.63, 3.8) is 0 Å². The number of fused-ring (bicyclic) bond motifs is 1. The number of carbonyl (C=O) groups is 2. The van der Waals surface area contributed by atoms with Crippen molar-refractivity contribution < 1.29 is 9.59 Å². The van der Waals surface area contributed by atoms with Crippen LogP contribution < -0.4 is 0 Å². The molecular weight excluding hydrogens is 252 g/mol. The maximum atomic E-state index is 12.7. The van der Waals surface area contributed by atoms with E-state index < -0.39 is 0 Å². The molecule has 1 unspecified atom stereocenters. The number of hydrogen-bond donors (Lipinski definition) is 0. The molecule has 0 aliphatic carbocycles. The summed E-state index contributed by atoms with van der Waals surface area (Å²) < 4.78 is 0. The van der Waals surface area contributed by atoms with Gasteiger partial charge in [-0.25, -0.2) is 0 Å². The van der Waals surface area contributed by atoms with Gasteiger partial charge in [-0.3, -0.25) is 19.4 Å². The Morgan fingerprint density at radius 3 is 2.60 bits per heavy atom. The number of carbonyl (C=O) groups excluding carboxylic acids is 2. The first-order valence-electron chi connectivity index (χ1n) is 7.25. The lowest BCUT2D eigenvalue weighted by molar-refractivity contribution is 0.0350. The molecule has 4 heteroatoms. The van der Waals surface area contributed by atoms with Crippen molar-refractivity contribution in [2.45, 2.75) is 45.8 Å². The highest BCUT2D eigenvalue weighted by molar-refractivity contribution is 6.22. The Morgan fingerprint density at radius 1 is 1.20 bits per heavy atom. The summed E-state index contributed by atoms with van der Waals surface area (Å²) in [5, 5.41) is 0. The predicted octanol–water partition coefficient (Wildman–Crippen LogP) is 2.42. The molecule has 0 aromatic heterocycles. The molecular formula is C16H20N2O2. The van der Waals surface area contributed by atoms with Crippen LogP contribution >= 0.6 is 0 Å². The first-order chi connectivity index (χ1) is 9.52. The molecule has 2 amide bonds. The summed E-state index contributed by atoms with van der Waals surface area (Å²) in [7, 11) is 0. The zero-order valence-corrected chi connectivity index (χ0v) is 12.2. The molecule has 1 atom stereocenters. The van der Waals surface area contributed by atoms with E-state index in [4.69, 9.17) is 0 Å². The molecule has 0 radical (unpaired) electrons. The largest absolute Gasteiger partial charge is 0.281 e. The van der Waals surface area contributed by atoms with Crippen LogP contribution in [-0.4, -0.2) is 40.4 Å². The maximum absolute atomic E-state index is 12.7. The van der Waals surface area contributed by atoms with E-state index in [2.05, 4.69) is 18.7 Å². The molecule has 0 spiro atoms. The molecule has 0 bridgehead atoms. The second-order valence-electron chi connectivity index (χ2n) is 5.93. The molecule has 2 aliphatic heterocycles. The molecule has 3 rings (SSSR count). The monoisotopic (exact) mass is 272 g/mol. The minimum Gasteiger partial charge on any atom is -0.281 e. The van der Waals surface area contributed by atoms with Gasteiger partial charge in [0.25, 0.3) is 11.8 Å². The van der Waals surface area contributed by atoms with Crippen molar-refractivity contribution in [1.29, 1.82) is 0 Å². The Kier molecular flexibility index (Phi) is 3.13. The molecule has 20 heavy (non-hydrogen) atoms. The van der Waals surface area contributed by atoms with Gasteiger partial charge in [-0.05, 0) is 45.2 Å². The Balaban J connectivity index is 2.00. The first kappa shape index (κ1) is 13.3. The summed E-state index contributed by atoms with van der Waals surface area (Å²) in [4.78, 5) is 29.0. The number of benzene rings is 1. The average Bonchev–Trinajstić information content (AvgIpc) is 2.95. The highest BCUT2D eigenvalue weighted by Gasteiger charge is 2.44. The lowest BCUT2D eigenvalue weighted by Gasteiger charge is -2.33. The zero-order valence-electron chi connectivity index (χ0n) is 12.2. The summed E-state index contributed by atoms with van der Waals surface area (Å²) in [6, 6.07) is 5.84. The average molecular weight is 272 g/mol. The summed E-state index contributed by atoms with van der Waals surface area (Å²) in [6.45, 7) is 7.07. The molecule has 1 aromatic rings. The molecule has 0 N–H and O–H groups in total. The van der Waals surface area contributed by atoms with Crippen molar-refractivity contribution in [2.75, 3.05) is 6.54 Å². The SMILES string of the molecule is Cc1cccc2c1C(=O)N(C1CCCN1C(C)C)C2=O. The zero-order chi connectivity index (χ0) is 14.4. The van der Waals surface area contributed by atoms with Crippen LogP contribution in [0.15, 0.2) is 18.2 Å². The predicted molar refractivity (Wildman–Crippen MR) is 76.5 cm³/mol. The normalized spacial score (nSPS) is 23.0. The molecule has 2 heterocycles. The van der Waals surface area contributed by atoms with Crippen LogP contribution in [-0.2, 0) is 0 Å². The fourth-order valence-corrected chi connectivity index (χ4v) is 3.39. The van der Waals surface area contributed by atoms with Crippen LogP contribution in [0.4, 0.5) is 0 Å². The molecule has 106 valence electrons. The number of rotatable bonds is 2. The third-order valence-electron chi connectivity index (χ3n) is 4.38. The molecule has 0 saturated carbocycles. The van der Waals surface area contributed by atoms with Crippen LogP contribution in [0.25, 0.3) is 0 Å². The summed E-state index contributed by atoms with van der Waals surface area (Å²) >= 11 is 0. The van der Waals surface area contributed by atoms with Gasteiger partial charge >= 0.3 is 0 Å². The lowest BCUT2D eigenvalue weighted by Crippen LogP contribution is -2.49. The molecule has 1 fully saturated rings. The molecule has 1 saturated heterocycles. The van der Waals surface area contributed by atoms with Crippen LogP contribution in [0.1, 0.15) is 53.0 Å². The van der Waals surface area contributed by atoms with Gasteiger partial charge in [0.15, 0.2) is 0 Å². The number of aryl methyl sites for hydroxylation is 1. The Labute approximate surface area is 119 Å². The van der Waals surface area contributed by atoms with E-state index >= 15 is 0 Å². The number of nitrogens with zero attached hydrogens (tertiary/aromatic N) is 2. The van der Waals surface area contributed by atoms with Crippen molar-refractivity contribution >= 4 is 11.8 Å². The van der Waals surface area contributed by atoms with Crippen LogP contribution in [0, 0.1) is 6.92 Å². The first-order valence-corrected chi connectivity index (χ1v) is 7.25. The third kappa shape index (κ3) is 1.79. The minimum absolute atomic E-state index is 0.0817. The number of amides is 2. The van der Waals surface area contributed by atoms with Gasteiger partial charge in [0.1, 0.15) is 0 Å². The van der Waals surface area contributed by atoms with Gasteiger partial charge in [-0.1, -0.05) is 12.1 Å². The van der Waals surface area contributed by atoms with E-state index in [1.165, 1.54) is 4.90 Å². The van der Waals surface area contributed by atoms with E-state index in [-0.39, 0.29) is 18.0 Å². The van der Waals surface area contributed by atoms with Crippen molar-refractivity contribution in [1.82, 2.24) is 9.80 Å². The van der Waals surface area contributed by atoms with Crippen molar-refractivity contribution in [3.8, 4) is 0 Å². The van der Waals surface area contributed by atoms with Gasteiger partial charge in [-0.15, -0.1) is 0 Å². The van der Waals surface area contributed by atoms with Gasteiger partial charge in [0, 0.05) is 12.6 Å². The van der Waals surface area contributed by atoms with E-state index in [0.717, 1.165) is 24.9 Å². The summed E-state index contributed by atoms with van der Waals surface area (Å²) in [5.74, 6) is -0.257. The summed E-state index contributed by atoms with van der Waals surface area (Å²) in [5.41, 5.74) is 2.04. The summed E-state index contributed by atoms with van der Waals surface area (Å²) in [6.07, 6.45) is 1.83. The van der Waals surface area contributed by atoms with Crippen molar-refractivity contribution in [3.05, 3.63) is 34.9 Å². The lowest BCUT2D eigenvalue weighted by atomic mass is 10.0. The van der Waals surface area contributed by atoms with E-state index in [9.17, 15) is 9.59 Å². The highest BCUT2D eigenvalue weighted by atomic mass is 16.2. The minimum atomic E-state index is -0.133. The molecule has 2 aliphatic rings. The van der Waals surface area contributed by atoms with E-state index in [1.54, 1.807) is 6.07 Å². The third-order valence-corrected chi connectivity index (χ3v) is 4.38. The number of imide groups is 1. The van der Waals surface area contributed by atoms with E-state index in [0.29, 0.717) is 17.2 Å². The topological polar surface area (TPSA) is 40.6 Å². The van der Waals surface area contributed by atoms with Gasteiger partial charge in [-0.2, -0.15) is 0 Å². The Morgan fingerprint density at radius 2 is 1.95 bits per heavy atom. The van der Waals surface area contributed by atoms with Gasteiger partial charge < -0.3 is 0 Å². The Hall–Kier alpha value is -1.68. The highest BCUT2D eigenvalue weighted by Crippen LogP contribution is 2.32. The standard InChI is InChI=1S/C16H20N2O2/c1-10(2)17-9-5-8-13(17)18-15(19)12-7-4-6-11(3)14(12)16(18)20/h4,6-7,10,13H,5,8-9H2,1-3H3. The van der Waals surface area contributed by atoms with Crippen LogP contribution in [0.2, 0.25) is 0 Å². The van der Waals surface area contributed by atoms with Gasteiger partial charge in [0.2, 0.25) is 0 Å². The Bertz CT molecular complexity index is 580. The fourth-order valence-electron chi connectivity index (χ4n) is 3.39. The number of likely N-dealkylation sites (tertiary alicyclic amines) is 1. The quantitative estimate of drug-likeness (QED) is 0.776. The number of hydrogen-bond acceptors (Lipinski definition) is 3. The second kappa shape index (κ2) is 4.70. The maximum Gasteiger partial charge on any atom is 0.263 e. The smallest absolute Gasteiger partial charge is 0.263 e. The molecule has 4 nitrogen and oxygen atoms in total. The van der Waals surface area contributed by atoms with Crippen molar-refractivity contribution in [2.24, 2.45) is 0 Å². The second-order valence-corrected chi connectivity index (χ2v) is 5.93. The van der Waals surface area contributed by atoms with Crippen LogP contribution in [0.5, 0.6) is 0 Å².